The van der Waals surface area contributed by atoms with Gasteiger partial charge in [0.05, 0.1) is 5.69 Å². The summed E-state index contributed by atoms with van der Waals surface area (Å²) in [7, 11) is 0. The number of hydrogen-bond donors (Lipinski definition) is 0. The Bertz CT molecular complexity index is 3720. The van der Waals surface area contributed by atoms with Crippen LogP contribution in [0.15, 0.2) is 200 Å². The molecule has 0 aromatic heterocycles. The second kappa shape index (κ2) is 12.8. The highest BCUT2D eigenvalue weighted by atomic mass is 19.2. The van der Waals surface area contributed by atoms with Gasteiger partial charge in [0.15, 0.2) is 11.6 Å². The molecule has 1 nitrogen and oxygen atoms in total. The Morgan fingerprint density at radius 2 is 0.689 bits per heavy atom. The quantitative estimate of drug-likeness (QED) is 0.124. The molecule has 0 saturated carbocycles. The third-order valence-corrected chi connectivity index (χ3v) is 13.0. The van der Waals surface area contributed by atoms with E-state index in [0.717, 1.165) is 55.2 Å². The van der Waals surface area contributed by atoms with Gasteiger partial charge in [-0.05, 0) is 146 Å². The maximum atomic E-state index is 15.4. The van der Waals surface area contributed by atoms with Crippen LogP contribution in [-0.2, 0) is 0 Å². The minimum absolute atomic E-state index is 0.528. The first-order valence-electron chi connectivity index (χ1n) is 20.7. The number of hydrogen-bond acceptors (Lipinski definition) is 1. The van der Waals surface area contributed by atoms with E-state index in [9.17, 15) is 4.39 Å². The second-order valence-electron chi connectivity index (χ2n) is 16.3. The smallest absolute Gasteiger partial charge is 0.160 e. The first-order chi connectivity index (χ1) is 30.1. The lowest BCUT2D eigenvalue weighted by atomic mass is 9.87. The van der Waals surface area contributed by atoms with Crippen LogP contribution in [0.2, 0.25) is 0 Å². The zero-order valence-electron chi connectivity index (χ0n) is 32.8. The third-order valence-electron chi connectivity index (χ3n) is 13.0. The molecule has 0 aliphatic heterocycles. The number of benzene rings is 13. The summed E-state index contributed by atoms with van der Waals surface area (Å²) >= 11 is 0. The van der Waals surface area contributed by atoms with Crippen molar-refractivity contribution in [1.29, 1.82) is 0 Å². The maximum absolute atomic E-state index is 15.4. The fourth-order valence-corrected chi connectivity index (χ4v) is 10.3. The molecule has 13 aromatic rings. The topological polar surface area (TPSA) is 3.24 Å². The first-order valence-corrected chi connectivity index (χ1v) is 20.7. The fourth-order valence-electron chi connectivity index (χ4n) is 10.3. The molecule has 0 bridgehead atoms. The molecule has 61 heavy (non-hydrogen) atoms. The SMILES string of the molecule is Fc1ccc(N(c2ccc(-c3cc4ccc5cccc6ccc(c3)c4c56)cc2)c2c3ccccc3c(-c3cc4ccc5cccc6ccc(c3)c4c56)c3ccccc23)cc1F. The van der Waals surface area contributed by atoms with Gasteiger partial charge in [0.2, 0.25) is 0 Å². The summed E-state index contributed by atoms with van der Waals surface area (Å²) in [4.78, 5) is 2.09. The van der Waals surface area contributed by atoms with Crippen molar-refractivity contribution >= 4 is 103 Å². The Labute approximate surface area is 349 Å². The molecule has 13 aromatic carbocycles. The highest BCUT2D eigenvalue weighted by Gasteiger charge is 2.24. The number of anilines is 3. The normalized spacial score (nSPS) is 12.1. The number of halogens is 2. The van der Waals surface area contributed by atoms with E-state index in [2.05, 4.69) is 187 Å². The molecule has 0 saturated heterocycles. The molecule has 0 heterocycles. The lowest BCUT2D eigenvalue weighted by Crippen LogP contribution is -2.12. The minimum Gasteiger partial charge on any atom is -0.309 e. The van der Waals surface area contributed by atoms with Gasteiger partial charge >= 0.3 is 0 Å². The van der Waals surface area contributed by atoms with Crippen LogP contribution in [-0.4, -0.2) is 0 Å². The van der Waals surface area contributed by atoms with Crippen LogP contribution in [0.3, 0.4) is 0 Å². The molecular weight excluding hydrogens is 749 g/mol. The molecule has 0 aliphatic rings. The molecule has 0 N–H and O–H groups in total. The van der Waals surface area contributed by atoms with Crippen molar-refractivity contribution in [2.24, 2.45) is 0 Å². The van der Waals surface area contributed by atoms with Gasteiger partial charge < -0.3 is 4.90 Å². The van der Waals surface area contributed by atoms with Crippen molar-refractivity contribution in [3.8, 4) is 22.3 Å². The van der Waals surface area contributed by atoms with Crippen LogP contribution < -0.4 is 4.90 Å². The summed E-state index contributed by atoms with van der Waals surface area (Å²) in [5.74, 6) is -1.78. The predicted molar refractivity (Wildman–Crippen MR) is 254 cm³/mol. The van der Waals surface area contributed by atoms with Crippen molar-refractivity contribution in [2.45, 2.75) is 0 Å². The highest BCUT2D eigenvalue weighted by Crippen LogP contribution is 2.50. The molecule has 0 fully saturated rings. The van der Waals surface area contributed by atoms with Gasteiger partial charge in [-0.15, -0.1) is 0 Å². The zero-order chi connectivity index (χ0) is 40.3. The van der Waals surface area contributed by atoms with Gasteiger partial charge in [0, 0.05) is 28.2 Å². The summed E-state index contributed by atoms with van der Waals surface area (Å²) in [5, 5.41) is 19.1. The Hall–Kier alpha value is -7.88. The molecule has 0 spiro atoms. The average Bonchev–Trinajstić information content (AvgIpc) is 3.31. The van der Waals surface area contributed by atoms with E-state index in [1.165, 1.54) is 76.8 Å². The lowest BCUT2D eigenvalue weighted by molar-refractivity contribution is 0.509. The maximum Gasteiger partial charge on any atom is 0.160 e. The van der Waals surface area contributed by atoms with Crippen LogP contribution in [0.1, 0.15) is 0 Å². The fraction of sp³-hybridized carbons (Fsp3) is 0. The van der Waals surface area contributed by atoms with Crippen molar-refractivity contribution in [1.82, 2.24) is 0 Å². The van der Waals surface area contributed by atoms with E-state index in [1.54, 1.807) is 6.07 Å². The van der Waals surface area contributed by atoms with Crippen molar-refractivity contribution in [3.05, 3.63) is 212 Å². The Morgan fingerprint density at radius 1 is 0.279 bits per heavy atom. The van der Waals surface area contributed by atoms with Crippen LogP contribution in [0.25, 0.3) is 108 Å². The Balaban J connectivity index is 1.02. The highest BCUT2D eigenvalue weighted by molar-refractivity contribution is 6.27. The van der Waals surface area contributed by atoms with Gasteiger partial charge in [-0.25, -0.2) is 8.78 Å². The molecule has 0 atom stereocenters. The summed E-state index contributed by atoms with van der Waals surface area (Å²) in [5.41, 5.74) is 6.70. The van der Waals surface area contributed by atoms with E-state index in [4.69, 9.17) is 0 Å². The summed E-state index contributed by atoms with van der Waals surface area (Å²) in [6.45, 7) is 0. The van der Waals surface area contributed by atoms with Crippen LogP contribution in [0.4, 0.5) is 25.8 Å². The van der Waals surface area contributed by atoms with Crippen LogP contribution in [0, 0.1) is 11.6 Å². The van der Waals surface area contributed by atoms with Crippen LogP contribution >= 0.6 is 0 Å². The lowest BCUT2D eigenvalue weighted by Gasteiger charge is -2.30. The van der Waals surface area contributed by atoms with Gasteiger partial charge in [-0.1, -0.05) is 146 Å². The van der Waals surface area contributed by atoms with Crippen molar-refractivity contribution in [3.63, 3.8) is 0 Å². The minimum atomic E-state index is -0.896. The molecule has 0 unspecified atom stereocenters. The van der Waals surface area contributed by atoms with Crippen molar-refractivity contribution in [2.75, 3.05) is 4.90 Å². The Morgan fingerprint density at radius 3 is 1.16 bits per heavy atom. The van der Waals surface area contributed by atoms with E-state index in [-0.39, 0.29) is 0 Å². The molecule has 3 heteroatoms. The average molecular weight is 782 g/mol. The molecule has 284 valence electrons. The molecule has 0 radical (unpaired) electrons. The number of fused-ring (bicyclic) bond motifs is 2. The monoisotopic (exact) mass is 781 g/mol. The third kappa shape index (κ3) is 5.04. The number of nitrogens with zero attached hydrogens (tertiary/aromatic N) is 1. The summed E-state index contributed by atoms with van der Waals surface area (Å²) in [6.07, 6.45) is 0. The van der Waals surface area contributed by atoms with Gasteiger partial charge in [0.1, 0.15) is 0 Å². The molecule has 0 aliphatic carbocycles. The van der Waals surface area contributed by atoms with E-state index in [0.29, 0.717) is 5.69 Å². The molecule has 0 amide bonds. The molecular formula is C58H33F2N. The molecule has 13 rings (SSSR count). The Kier molecular flexibility index (Phi) is 7.15. The van der Waals surface area contributed by atoms with Gasteiger partial charge in [-0.3, -0.25) is 0 Å². The first kappa shape index (κ1) is 34.0. The van der Waals surface area contributed by atoms with Crippen molar-refractivity contribution < 1.29 is 8.78 Å². The second-order valence-corrected chi connectivity index (χ2v) is 16.3. The standard InChI is InChI=1S/C58H33F2N/c59-51-28-27-46(33-52(51)60)61(45-25-23-34(24-26-45)43-29-39-19-15-35-7-5-8-36-16-20-40(30-43)55(39)53(35)36)58-49-13-3-1-11-47(49)57(48-12-2-4-14-50(48)58)44-31-41-21-17-37-9-6-10-38-18-22-42(32-44)56(41)54(37)38/h1-33H. The van der Waals surface area contributed by atoms with E-state index < -0.39 is 11.6 Å². The van der Waals surface area contributed by atoms with E-state index in [1.807, 2.05) is 0 Å². The zero-order valence-corrected chi connectivity index (χ0v) is 32.8. The predicted octanol–water partition coefficient (Wildman–Crippen LogP) is 16.9. The van der Waals surface area contributed by atoms with Gasteiger partial charge in [-0.2, -0.15) is 0 Å². The summed E-state index contributed by atoms with van der Waals surface area (Å²) in [6, 6.07) is 69.6. The summed E-state index contributed by atoms with van der Waals surface area (Å²) < 4.78 is 30.0. The number of rotatable bonds is 5. The van der Waals surface area contributed by atoms with Gasteiger partial charge in [0.25, 0.3) is 0 Å². The van der Waals surface area contributed by atoms with E-state index >= 15 is 4.39 Å². The van der Waals surface area contributed by atoms with Crippen LogP contribution in [0.5, 0.6) is 0 Å². The largest absolute Gasteiger partial charge is 0.309 e.